The van der Waals surface area contributed by atoms with Crippen LogP contribution in [0.2, 0.25) is 0 Å². The number of alkyl halides is 1. The minimum Gasteiger partial charge on any atom is -0.271 e. The Morgan fingerprint density at radius 3 is 2.65 bits per heavy atom. The van der Waals surface area contributed by atoms with Gasteiger partial charge in [-0.1, -0.05) is 13.8 Å². The van der Waals surface area contributed by atoms with E-state index in [1.807, 2.05) is 11.7 Å². The third-order valence-corrected chi connectivity index (χ3v) is 5.62. The fraction of sp³-hybridized carbons (Fsp3) is 0.769. The van der Waals surface area contributed by atoms with Gasteiger partial charge in [0.25, 0.3) is 0 Å². The lowest BCUT2D eigenvalue weighted by atomic mass is 9.93. The van der Waals surface area contributed by atoms with Gasteiger partial charge >= 0.3 is 0 Å². The van der Waals surface area contributed by atoms with E-state index in [2.05, 4.69) is 34.9 Å². The van der Waals surface area contributed by atoms with Crippen molar-refractivity contribution in [3.8, 4) is 0 Å². The average Bonchev–Trinajstić information content (AvgIpc) is 2.76. The molecule has 1 aliphatic carbocycles. The molecule has 96 valence electrons. The van der Waals surface area contributed by atoms with E-state index in [-0.39, 0.29) is 0 Å². The van der Waals surface area contributed by atoms with E-state index in [4.69, 9.17) is 11.6 Å². The van der Waals surface area contributed by atoms with Gasteiger partial charge in [-0.15, -0.1) is 11.6 Å². The van der Waals surface area contributed by atoms with E-state index in [1.165, 1.54) is 16.6 Å². The number of hydrogen-bond acceptors (Lipinski definition) is 1. The summed E-state index contributed by atoms with van der Waals surface area (Å²) in [6, 6.07) is 0. The van der Waals surface area contributed by atoms with Gasteiger partial charge in [-0.25, -0.2) is 0 Å². The monoisotopic (exact) mass is 318 g/mol. The Hall–Kier alpha value is -0.0200. The van der Waals surface area contributed by atoms with Crippen molar-refractivity contribution >= 4 is 27.5 Å². The molecule has 0 bridgehead atoms. The average molecular weight is 320 g/mol. The normalized spacial score (nSPS) is 28.9. The standard InChI is InChI=1S/C13H20BrClN2/c1-4-11-13(14)12(17(3)16-11)7-9-5-6-10(15)8(9)2/h8-10H,4-7H2,1-3H3. The molecule has 0 spiro atoms. The number of aryl methyl sites for hydroxylation is 2. The lowest BCUT2D eigenvalue weighted by Gasteiger charge is -2.17. The van der Waals surface area contributed by atoms with Crippen LogP contribution < -0.4 is 0 Å². The molecule has 3 atom stereocenters. The van der Waals surface area contributed by atoms with Crippen molar-refractivity contribution in [2.75, 3.05) is 0 Å². The van der Waals surface area contributed by atoms with E-state index in [9.17, 15) is 0 Å². The van der Waals surface area contributed by atoms with Crippen molar-refractivity contribution in [1.29, 1.82) is 0 Å². The van der Waals surface area contributed by atoms with Crippen LogP contribution in [0.1, 0.15) is 38.1 Å². The minimum absolute atomic E-state index is 0.359. The lowest BCUT2D eigenvalue weighted by molar-refractivity contribution is 0.409. The molecule has 1 aliphatic rings. The van der Waals surface area contributed by atoms with Gasteiger partial charge in [0.1, 0.15) is 0 Å². The number of aromatic nitrogens is 2. The highest BCUT2D eigenvalue weighted by molar-refractivity contribution is 9.10. The molecule has 17 heavy (non-hydrogen) atoms. The van der Waals surface area contributed by atoms with Crippen molar-refractivity contribution in [1.82, 2.24) is 9.78 Å². The maximum absolute atomic E-state index is 6.30. The molecule has 1 saturated carbocycles. The maximum Gasteiger partial charge on any atom is 0.0766 e. The van der Waals surface area contributed by atoms with Gasteiger partial charge in [0.15, 0.2) is 0 Å². The fourth-order valence-electron chi connectivity index (χ4n) is 2.77. The second kappa shape index (κ2) is 5.31. The third kappa shape index (κ3) is 2.55. The number of halogens is 2. The minimum atomic E-state index is 0.359. The summed E-state index contributed by atoms with van der Waals surface area (Å²) >= 11 is 9.99. The first-order chi connectivity index (χ1) is 8.04. The van der Waals surface area contributed by atoms with E-state index in [1.54, 1.807) is 0 Å². The molecule has 0 aromatic carbocycles. The highest BCUT2D eigenvalue weighted by Crippen LogP contribution is 2.38. The number of hydrogen-bond donors (Lipinski definition) is 0. The Bertz CT molecular complexity index is 402. The molecule has 1 aromatic rings. The smallest absolute Gasteiger partial charge is 0.0766 e. The van der Waals surface area contributed by atoms with Crippen molar-refractivity contribution in [3.05, 3.63) is 15.9 Å². The summed E-state index contributed by atoms with van der Waals surface area (Å²) in [5.74, 6) is 1.32. The predicted octanol–water partition coefficient (Wildman–Crippen LogP) is 3.94. The van der Waals surface area contributed by atoms with Gasteiger partial charge < -0.3 is 0 Å². The zero-order valence-electron chi connectivity index (χ0n) is 10.7. The van der Waals surface area contributed by atoms with Crippen LogP contribution in [-0.4, -0.2) is 15.2 Å². The molecule has 1 fully saturated rings. The second-order valence-corrected chi connectivity index (χ2v) is 6.45. The summed E-state index contributed by atoms with van der Waals surface area (Å²) in [4.78, 5) is 0. The lowest BCUT2D eigenvalue weighted by Crippen LogP contribution is -2.15. The van der Waals surface area contributed by atoms with Crippen molar-refractivity contribution < 1.29 is 0 Å². The van der Waals surface area contributed by atoms with E-state index in [0.29, 0.717) is 17.2 Å². The molecule has 0 aliphatic heterocycles. The molecule has 0 saturated heterocycles. The summed E-state index contributed by atoms with van der Waals surface area (Å²) in [7, 11) is 2.04. The highest BCUT2D eigenvalue weighted by atomic mass is 79.9. The Labute approximate surface area is 117 Å². The van der Waals surface area contributed by atoms with Crippen molar-refractivity contribution in [3.63, 3.8) is 0 Å². The molecule has 2 rings (SSSR count). The van der Waals surface area contributed by atoms with Crippen LogP contribution in [-0.2, 0) is 19.9 Å². The van der Waals surface area contributed by atoms with Gasteiger partial charge in [-0.2, -0.15) is 5.10 Å². The fourth-order valence-corrected chi connectivity index (χ4v) is 3.88. The Kier molecular flexibility index (Phi) is 4.19. The molecule has 0 N–H and O–H groups in total. The summed E-state index contributed by atoms with van der Waals surface area (Å²) < 4.78 is 3.23. The highest BCUT2D eigenvalue weighted by Gasteiger charge is 2.32. The van der Waals surface area contributed by atoms with Crippen molar-refractivity contribution in [2.45, 2.75) is 44.9 Å². The van der Waals surface area contributed by atoms with E-state index < -0.39 is 0 Å². The van der Waals surface area contributed by atoms with Crippen LogP contribution >= 0.6 is 27.5 Å². The van der Waals surface area contributed by atoms with Crippen LogP contribution in [0.4, 0.5) is 0 Å². The van der Waals surface area contributed by atoms with Gasteiger partial charge in [-0.05, 0) is 53.4 Å². The number of nitrogens with zero attached hydrogens (tertiary/aromatic N) is 2. The Balaban J connectivity index is 2.16. The van der Waals surface area contributed by atoms with Crippen LogP contribution in [0.25, 0.3) is 0 Å². The Morgan fingerprint density at radius 1 is 1.47 bits per heavy atom. The SMILES string of the molecule is CCc1nn(C)c(CC2CCC(Cl)C2C)c1Br. The van der Waals surface area contributed by atoms with Gasteiger partial charge in [0, 0.05) is 12.4 Å². The van der Waals surface area contributed by atoms with Crippen molar-refractivity contribution in [2.24, 2.45) is 18.9 Å². The van der Waals surface area contributed by atoms with Crippen LogP contribution in [0.15, 0.2) is 4.47 Å². The predicted molar refractivity (Wildman–Crippen MR) is 75.5 cm³/mol. The maximum atomic E-state index is 6.30. The zero-order chi connectivity index (χ0) is 12.6. The first-order valence-electron chi connectivity index (χ1n) is 6.38. The summed E-state index contributed by atoms with van der Waals surface area (Å²) in [5.41, 5.74) is 2.49. The summed E-state index contributed by atoms with van der Waals surface area (Å²) in [6.45, 7) is 4.42. The molecule has 3 unspecified atom stereocenters. The molecular weight excluding hydrogens is 300 g/mol. The molecule has 1 heterocycles. The van der Waals surface area contributed by atoms with E-state index >= 15 is 0 Å². The largest absolute Gasteiger partial charge is 0.271 e. The van der Waals surface area contributed by atoms with Gasteiger partial charge in [0.05, 0.1) is 15.9 Å². The Morgan fingerprint density at radius 2 is 2.18 bits per heavy atom. The summed E-state index contributed by atoms with van der Waals surface area (Å²) in [6.07, 6.45) is 4.47. The van der Waals surface area contributed by atoms with Crippen LogP contribution in [0.5, 0.6) is 0 Å². The molecule has 2 nitrogen and oxygen atoms in total. The molecular formula is C13H20BrClN2. The molecule has 1 aromatic heterocycles. The van der Waals surface area contributed by atoms with Gasteiger partial charge in [-0.3, -0.25) is 4.68 Å². The zero-order valence-corrected chi connectivity index (χ0v) is 13.1. The molecule has 4 heteroatoms. The first-order valence-corrected chi connectivity index (χ1v) is 7.61. The topological polar surface area (TPSA) is 17.8 Å². The first kappa shape index (κ1) is 13.4. The molecule has 0 radical (unpaired) electrons. The van der Waals surface area contributed by atoms with E-state index in [0.717, 1.165) is 25.0 Å². The quantitative estimate of drug-likeness (QED) is 0.772. The van der Waals surface area contributed by atoms with Gasteiger partial charge in [0.2, 0.25) is 0 Å². The van der Waals surface area contributed by atoms with Crippen LogP contribution in [0.3, 0.4) is 0 Å². The van der Waals surface area contributed by atoms with Crippen LogP contribution in [0, 0.1) is 11.8 Å². The summed E-state index contributed by atoms with van der Waals surface area (Å²) in [5, 5.41) is 4.91. The second-order valence-electron chi connectivity index (χ2n) is 5.10. The molecule has 0 amide bonds. The number of rotatable bonds is 3. The third-order valence-electron chi connectivity index (χ3n) is 4.09.